The van der Waals surface area contributed by atoms with Crippen molar-refractivity contribution in [3.8, 4) is 0 Å². The number of benzene rings is 2. The van der Waals surface area contributed by atoms with E-state index in [1.54, 1.807) is 6.07 Å². The molecule has 0 aliphatic carbocycles. The molecule has 2 aromatic carbocycles. The minimum atomic E-state index is -0.332. The van der Waals surface area contributed by atoms with E-state index < -0.39 is 0 Å². The molecule has 3 aromatic rings. The number of carbonyl (C=O) groups is 1. The summed E-state index contributed by atoms with van der Waals surface area (Å²) >= 11 is 0. The number of carbonyl (C=O) groups excluding carboxylic acids is 1. The molecule has 0 unspecified atom stereocenters. The molecule has 3 rings (SSSR count). The van der Waals surface area contributed by atoms with Gasteiger partial charge in [0.2, 0.25) is 0 Å². The molecule has 0 spiro atoms. The minimum absolute atomic E-state index is 0.332. The number of rotatable bonds is 6. The molecular weight excluding hydrogens is 290 g/mol. The Balaban J connectivity index is 1.83. The molecule has 4 heteroatoms. The van der Waals surface area contributed by atoms with Crippen LogP contribution in [0.25, 0.3) is 21.9 Å². The Bertz CT molecular complexity index is 818. The number of likely N-dealkylation sites (N-methyl/N-ethyl adjacent to an activating group) is 1. The maximum absolute atomic E-state index is 12.4. The van der Waals surface area contributed by atoms with Gasteiger partial charge in [-0.1, -0.05) is 44.2 Å². The first-order chi connectivity index (χ1) is 11.2. The van der Waals surface area contributed by atoms with Crippen molar-refractivity contribution in [2.45, 2.75) is 13.8 Å². The van der Waals surface area contributed by atoms with Gasteiger partial charge in [0.25, 0.3) is 0 Å². The molecule has 1 heterocycles. The summed E-state index contributed by atoms with van der Waals surface area (Å²) in [7, 11) is 0. The van der Waals surface area contributed by atoms with Gasteiger partial charge in [-0.15, -0.1) is 0 Å². The van der Waals surface area contributed by atoms with E-state index >= 15 is 0 Å². The van der Waals surface area contributed by atoms with E-state index in [0.29, 0.717) is 17.8 Å². The summed E-state index contributed by atoms with van der Waals surface area (Å²) in [6.45, 7) is 7.23. The zero-order valence-electron chi connectivity index (χ0n) is 13.5. The molecule has 23 heavy (non-hydrogen) atoms. The van der Waals surface area contributed by atoms with Gasteiger partial charge in [-0.3, -0.25) is 0 Å². The third-order valence-corrected chi connectivity index (χ3v) is 4.16. The lowest BCUT2D eigenvalue weighted by atomic mass is 10.1. The van der Waals surface area contributed by atoms with Crippen molar-refractivity contribution in [3.05, 3.63) is 48.0 Å². The van der Waals surface area contributed by atoms with Crippen molar-refractivity contribution < 1.29 is 13.9 Å². The predicted molar refractivity (Wildman–Crippen MR) is 91.8 cm³/mol. The van der Waals surface area contributed by atoms with Gasteiger partial charge in [-0.2, -0.15) is 0 Å². The molecule has 0 amide bonds. The SMILES string of the molecule is CCN(CC)CCOC(=O)c1cccc2c1oc1ccccc12. The van der Waals surface area contributed by atoms with Crippen LogP contribution in [-0.4, -0.2) is 37.1 Å². The Morgan fingerprint density at radius 2 is 1.78 bits per heavy atom. The second kappa shape index (κ2) is 6.84. The monoisotopic (exact) mass is 311 g/mol. The Hall–Kier alpha value is -2.33. The molecule has 120 valence electrons. The van der Waals surface area contributed by atoms with E-state index in [1.807, 2.05) is 36.4 Å². The van der Waals surface area contributed by atoms with Crippen molar-refractivity contribution >= 4 is 27.9 Å². The highest BCUT2D eigenvalue weighted by Crippen LogP contribution is 2.30. The van der Waals surface area contributed by atoms with Crippen LogP contribution in [0.15, 0.2) is 46.9 Å². The predicted octanol–water partition coefficient (Wildman–Crippen LogP) is 4.08. The van der Waals surface area contributed by atoms with Crippen LogP contribution in [0.2, 0.25) is 0 Å². The first kappa shape index (κ1) is 15.6. The molecule has 0 aliphatic rings. The van der Waals surface area contributed by atoms with Crippen molar-refractivity contribution in [1.82, 2.24) is 4.90 Å². The Labute approximate surface area is 135 Å². The number of hydrogen-bond acceptors (Lipinski definition) is 4. The van der Waals surface area contributed by atoms with Gasteiger partial charge in [-0.25, -0.2) is 4.79 Å². The smallest absolute Gasteiger partial charge is 0.342 e. The minimum Gasteiger partial charge on any atom is -0.461 e. The van der Waals surface area contributed by atoms with Crippen LogP contribution < -0.4 is 0 Å². The molecule has 1 aromatic heterocycles. The van der Waals surface area contributed by atoms with Crippen LogP contribution in [0, 0.1) is 0 Å². The molecule has 0 saturated heterocycles. The summed E-state index contributed by atoms with van der Waals surface area (Å²) in [5.41, 5.74) is 1.87. The second-order valence-corrected chi connectivity index (χ2v) is 5.44. The molecule has 0 bridgehead atoms. The summed E-state index contributed by atoms with van der Waals surface area (Å²) in [5.74, 6) is -0.332. The first-order valence-electron chi connectivity index (χ1n) is 8.04. The van der Waals surface area contributed by atoms with Gasteiger partial charge in [0.1, 0.15) is 23.3 Å². The lowest BCUT2D eigenvalue weighted by molar-refractivity contribution is 0.0467. The highest BCUT2D eigenvalue weighted by atomic mass is 16.5. The van der Waals surface area contributed by atoms with Crippen molar-refractivity contribution in [2.75, 3.05) is 26.2 Å². The first-order valence-corrected chi connectivity index (χ1v) is 8.04. The highest BCUT2D eigenvalue weighted by Gasteiger charge is 2.16. The summed E-state index contributed by atoms with van der Waals surface area (Å²) in [6, 6.07) is 13.4. The Kier molecular flexibility index (Phi) is 4.63. The lowest BCUT2D eigenvalue weighted by Crippen LogP contribution is -2.27. The van der Waals surface area contributed by atoms with E-state index in [4.69, 9.17) is 9.15 Å². The fourth-order valence-electron chi connectivity index (χ4n) is 2.79. The van der Waals surface area contributed by atoms with E-state index in [-0.39, 0.29) is 5.97 Å². The zero-order chi connectivity index (χ0) is 16.2. The molecule has 0 radical (unpaired) electrons. The quantitative estimate of drug-likeness (QED) is 0.643. The van der Waals surface area contributed by atoms with Crippen LogP contribution in [0.5, 0.6) is 0 Å². The van der Waals surface area contributed by atoms with Crippen LogP contribution in [-0.2, 0) is 4.74 Å². The Morgan fingerprint density at radius 1 is 1.04 bits per heavy atom. The van der Waals surface area contributed by atoms with Crippen molar-refractivity contribution in [2.24, 2.45) is 0 Å². The number of fused-ring (bicyclic) bond motifs is 3. The van der Waals surface area contributed by atoms with Crippen molar-refractivity contribution in [1.29, 1.82) is 0 Å². The van der Waals surface area contributed by atoms with E-state index in [1.165, 1.54) is 0 Å². The maximum Gasteiger partial charge on any atom is 0.342 e. The molecule has 0 fully saturated rings. The molecule has 0 atom stereocenters. The molecule has 0 saturated carbocycles. The summed E-state index contributed by atoms with van der Waals surface area (Å²) in [6.07, 6.45) is 0. The Morgan fingerprint density at radius 3 is 2.57 bits per heavy atom. The van der Waals surface area contributed by atoms with Gasteiger partial charge in [0.05, 0.1) is 0 Å². The summed E-state index contributed by atoms with van der Waals surface area (Å²) in [4.78, 5) is 14.6. The number of esters is 1. The summed E-state index contributed by atoms with van der Waals surface area (Å²) in [5, 5.41) is 1.96. The fourth-order valence-corrected chi connectivity index (χ4v) is 2.79. The number of nitrogens with zero attached hydrogens (tertiary/aromatic N) is 1. The third kappa shape index (κ3) is 3.08. The number of hydrogen-bond donors (Lipinski definition) is 0. The summed E-state index contributed by atoms with van der Waals surface area (Å²) < 4.78 is 11.3. The molecule has 0 N–H and O–H groups in total. The number of para-hydroxylation sites is 2. The molecule has 0 aliphatic heterocycles. The topological polar surface area (TPSA) is 42.7 Å². The normalized spacial score (nSPS) is 11.4. The van der Waals surface area contributed by atoms with Gasteiger partial charge in [0, 0.05) is 17.3 Å². The highest BCUT2D eigenvalue weighted by molar-refractivity contribution is 6.11. The standard InChI is InChI=1S/C19H21NO3/c1-3-20(4-2)12-13-22-19(21)16-10-7-9-15-14-8-5-6-11-17(14)23-18(15)16/h5-11H,3-4,12-13H2,1-2H3. The number of ether oxygens (including phenoxy) is 1. The number of furan rings is 1. The van der Waals surface area contributed by atoms with Crippen LogP contribution in [0.3, 0.4) is 0 Å². The van der Waals surface area contributed by atoms with E-state index in [2.05, 4.69) is 18.7 Å². The van der Waals surface area contributed by atoms with Gasteiger partial charge in [0.15, 0.2) is 0 Å². The molecular formula is C19H21NO3. The second-order valence-electron chi connectivity index (χ2n) is 5.44. The van der Waals surface area contributed by atoms with E-state index in [0.717, 1.165) is 36.0 Å². The largest absolute Gasteiger partial charge is 0.461 e. The van der Waals surface area contributed by atoms with Crippen molar-refractivity contribution in [3.63, 3.8) is 0 Å². The van der Waals surface area contributed by atoms with Gasteiger partial charge >= 0.3 is 5.97 Å². The average molecular weight is 311 g/mol. The maximum atomic E-state index is 12.4. The lowest BCUT2D eigenvalue weighted by Gasteiger charge is -2.17. The zero-order valence-corrected chi connectivity index (χ0v) is 13.5. The van der Waals surface area contributed by atoms with Crippen LogP contribution >= 0.6 is 0 Å². The fraction of sp³-hybridized carbons (Fsp3) is 0.316. The van der Waals surface area contributed by atoms with Gasteiger partial charge < -0.3 is 14.1 Å². The van der Waals surface area contributed by atoms with Gasteiger partial charge in [-0.05, 0) is 25.2 Å². The average Bonchev–Trinajstić information content (AvgIpc) is 2.97. The van der Waals surface area contributed by atoms with E-state index in [9.17, 15) is 4.79 Å². The van der Waals surface area contributed by atoms with Crippen LogP contribution in [0.1, 0.15) is 24.2 Å². The third-order valence-electron chi connectivity index (χ3n) is 4.16. The van der Waals surface area contributed by atoms with Crippen LogP contribution in [0.4, 0.5) is 0 Å². The molecule has 4 nitrogen and oxygen atoms in total.